The normalized spacial score (nSPS) is 20.4. The van der Waals surface area contributed by atoms with Crippen molar-refractivity contribution in [1.29, 1.82) is 0 Å². The van der Waals surface area contributed by atoms with E-state index in [1.54, 1.807) is 6.20 Å². The van der Waals surface area contributed by atoms with Crippen LogP contribution in [0.5, 0.6) is 0 Å². The Morgan fingerprint density at radius 3 is 3.00 bits per heavy atom. The van der Waals surface area contributed by atoms with Crippen LogP contribution in [0.15, 0.2) is 30.6 Å². The number of nitrogens with zero attached hydrogens (tertiary/aromatic N) is 2. The molecule has 2 aromatic heterocycles. The van der Waals surface area contributed by atoms with Crippen LogP contribution in [0, 0.1) is 0 Å². The third-order valence-corrected chi connectivity index (χ3v) is 3.22. The summed E-state index contributed by atoms with van der Waals surface area (Å²) in [4.78, 5) is 12.2. The third-order valence-electron chi connectivity index (χ3n) is 3.22. The molecule has 1 aliphatic rings. The minimum Gasteiger partial charge on any atom is -0.340 e. The Bertz CT molecular complexity index is 471. The van der Waals surface area contributed by atoms with Gasteiger partial charge in [-0.25, -0.2) is 4.98 Å². The average Bonchev–Trinajstić information content (AvgIpc) is 2.90. The summed E-state index contributed by atoms with van der Waals surface area (Å²) in [5.74, 6) is 1.60. The molecule has 17 heavy (non-hydrogen) atoms. The summed E-state index contributed by atoms with van der Waals surface area (Å²) < 4.78 is 0. The van der Waals surface area contributed by atoms with Crippen LogP contribution in [0.25, 0.3) is 11.4 Å². The zero-order valence-corrected chi connectivity index (χ0v) is 9.69. The smallest absolute Gasteiger partial charge is 0.110 e. The topological polar surface area (TPSA) is 53.6 Å². The van der Waals surface area contributed by atoms with Gasteiger partial charge in [0.1, 0.15) is 5.82 Å². The molecule has 4 heteroatoms. The van der Waals surface area contributed by atoms with Crippen molar-refractivity contribution in [2.75, 3.05) is 13.1 Å². The molecule has 1 fully saturated rings. The number of hydrogen-bond acceptors (Lipinski definition) is 3. The monoisotopic (exact) mass is 228 g/mol. The maximum atomic E-state index is 4.48. The molecule has 1 atom stereocenters. The lowest BCUT2D eigenvalue weighted by molar-refractivity contribution is 0.449. The molecule has 3 heterocycles. The summed E-state index contributed by atoms with van der Waals surface area (Å²) in [6.45, 7) is 2.15. The minimum absolute atomic E-state index is 0.515. The average molecular weight is 228 g/mol. The Kier molecular flexibility index (Phi) is 2.88. The highest BCUT2D eigenvalue weighted by Gasteiger charge is 2.18. The molecule has 0 aromatic carbocycles. The number of rotatable bonds is 2. The molecule has 0 spiro atoms. The van der Waals surface area contributed by atoms with Crippen LogP contribution in [0.2, 0.25) is 0 Å². The fourth-order valence-corrected chi connectivity index (χ4v) is 2.28. The number of nitrogens with one attached hydrogen (secondary N) is 2. The summed E-state index contributed by atoms with van der Waals surface area (Å²) in [7, 11) is 0. The van der Waals surface area contributed by atoms with Gasteiger partial charge in [0.05, 0.1) is 17.6 Å². The lowest BCUT2D eigenvalue weighted by atomic mass is 9.99. The number of imidazole rings is 1. The maximum absolute atomic E-state index is 4.48. The van der Waals surface area contributed by atoms with Crippen LogP contribution in [-0.4, -0.2) is 28.0 Å². The molecular weight excluding hydrogens is 212 g/mol. The van der Waals surface area contributed by atoms with Crippen LogP contribution in [0.1, 0.15) is 24.6 Å². The van der Waals surface area contributed by atoms with Crippen LogP contribution in [-0.2, 0) is 0 Å². The van der Waals surface area contributed by atoms with Crippen molar-refractivity contribution >= 4 is 0 Å². The van der Waals surface area contributed by atoms with E-state index in [2.05, 4.69) is 20.3 Å². The summed E-state index contributed by atoms with van der Waals surface area (Å²) >= 11 is 0. The first kappa shape index (κ1) is 10.5. The number of pyridine rings is 1. The first-order chi connectivity index (χ1) is 8.43. The van der Waals surface area contributed by atoms with Gasteiger partial charge in [0.15, 0.2) is 0 Å². The van der Waals surface area contributed by atoms with E-state index in [4.69, 9.17) is 0 Å². The number of H-pyrrole nitrogens is 1. The molecule has 1 saturated heterocycles. The van der Waals surface area contributed by atoms with Gasteiger partial charge in [0, 0.05) is 18.7 Å². The maximum Gasteiger partial charge on any atom is 0.110 e. The standard InChI is InChI=1S/C13H16N4/c1-2-7-15-11(5-1)12-9-16-13(17-12)10-4-3-6-14-8-10/h1-2,5,7,9-10,14H,3-4,6,8H2,(H,16,17). The second-order valence-electron chi connectivity index (χ2n) is 4.44. The molecule has 2 N–H and O–H groups in total. The van der Waals surface area contributed by atoms with Crippen molar-refractivity contribution in [2.24, 2.45) is 0 Å². The van der Waals surface area contributed by atoms with Crippen molar-refractivity contribution in [3.05, 3.63) is 36.4 Å². The molecule has 0 saturated carbocycles. The lowest BCUT2D eigenvalue weighted by Gasteiger charge is -2.20. The zero-order chi connectivity index (χ0) is 11.5. The van der Waals surface area contributed by atoms with Crippen molar-refractivity contribution in [3.63, 3.8) is 0 Å². The predicted octanol–water partition coefficient (Wildman–Crippen LogP) is 1.94. The first-order valence-corrected chi connectivity index (χ1v) is 6.10. The van der Waals surface area contributed by atoms with Gasteiger partial charge in [-0.1, -0.05) is 6.07 Å². The van der Waals surface area contributed by atoms with Gasteiger partial charge in [-0.3, -0.25) is 4.98 Å². The summed E-state index contributed by atoms with van der Waals surface area (Å²) in [6, 6.07) is 5.91. The molecule has 0 aliphatic carbocycles. The molecule has 3 rings (SSSR count). The molecule has 2 aromatic rings. The number of aromatic amines is 1. The third kappa shape index (κ3) is 2.22. The Morgan fingerprint density at radius 1 is 1.24 bits per heavy atom. The van der Waals surface area contributed by atoms with Gasteiger partial charge in [-0.2, -0.15) is 0 Å². The number of aromatic nitrogens is 3. The van der Waals surface area contributed by atoms with Gasteiger partial charge in [0.25, 0.3) is 0 Å². The summed E-state index contributed by atoms with van der Waals surface area (Å²) in [5.41, 5.74) is 1.96. The second-order valence-corrected chi connectivity index (χ2v) is 4.44. The van der Waals surface area contributed by atoms with Gasteiger partial charge < -0.3 is 10.3 Å². The van der Waals surface area contributed by atoms with E-state index in [0.29, 0.717) is 5.92 Å². The number of piperidine rings is 1. The highest BCUT2D eigenvalue weighted by molar-refractivity contribution is 5.52. The fourth-order valence-electron chi connectivity index (χ4n) is 2.28. The summed E-state index contributed by atoms with van der Waals surface area (Å²) in [5, 5.41) is 3.41. The van der Waals surface area contributed by atoms with Gasteiger partial charge in [-0.05, 0) is 31.5 Å². The van der Waals surface area contributed by atoms with Gasteiger partial charge >= 0.3 is 0 Å². The second kappa shape index (κ2) is 4.67. The van der Waals surface area contributed by atoms with Crippen molar-refractivity contribution in [3.8, 4) is 11.4 Å². The Hall–Kier alpha value is -1.68. The molecule has 4 nitrogen and oxygen atoms in total. The van der Waals surface area contributed by atoms with E-state index >= 15 is 0 Å². The molecule has 0 amide bonds. The zero-order valence-electron chi connectivity index (χ0n) is 9.69. The quantitative estimate of drug-likeness (QED) is 0.826. The van der Waals surface area contributed by atoms with Gasteiger partial charge in [-0.15, -0.1) is 0 Å². The van der Waals surface area contributed by atoms with E-state index < -0.39 is 0 Å². The Morgan fingerprint density at radius 2 is 2.24 bits per heavy atom. The molecule has 0 bridgehead atoms. The van der Waals surface area contributed by atoms with Crippen molar-refractivity contribution < 1.29 is 0 Å². The fraction of sp³-hybridized carbons (Fsp3) is 0.385. The van der Waals surface area contributed by atoms with E-state index in [1.807, 2.05) is 24.4 Å². The molecular formula is C13H16N4. The minimum atomic E-state index is 0.515. The van der Waals surface area contributed by atoms with E-state index in [9.17, 15) is 0 Å². The first-order valence-electron chi connectivity index (χ1n) is 6.10. The SMILES string of the molecule is c1ccc(-c2cnc(C3CCCNC3)[nH]2)nc1. The lowest BCUT2D eigenvalue weighted by Crippen LogP contribution is -2.28. The van der Waals surface area contributed by atoms with Crippen LogP contribution >= 0.6 is 0 Å². The largest absolute Gasteiger partial charge is 0.340 e. The molecule has 0 radical (unpaired) electrons. The molecule has 1 aliphatic heterocycles. The van der Waals surface area contributed by atoms with Crippen LogP contribution in [0.3, 0.4) is 0 Å². The molecule has 88 valence electrons. The summed E-state index contributed by atoms with van der Waals surface area (Å²) in [6.07, 6.45) is 6.12. The van der Waals surface area contributed by atoms with E-state index in [-0.39, 0.29) is 0 Å². The Labute approximate surface area is 101 Å². The Balaban J connectivity index is 1.83. The highest BCUT2D eigenvalue weighted by atomic mass is 15.0. The van der Waals surface area contributed by atoms with Crippen LogP contribution < -0.4 is 5.32 Å². The highest BCUT2D eigenvalue weighted by Crippen LogP contribution is 2.23. The van der Waals surface area contributed by atoms with Crippen molar-refractivity contribution in [1.82, 2.24) is 20.3 Å². The van der Waals surface area contributed by atoms with Crippen LogP contribution in [0.4, 0.5) is 0 Å². The van der Waals surface area contributed by atoms with E-state index in [0.717, 1.165) is 30.3 Å². The van der Waals surface area contributed by atoms with E-state index in [1.165, 1.54) is 12.8 Å². The van der Waals surface area contributed by atoms with Gasteiger partial charge in [0.2, 0.25) is 0 Å². The van der Waals surface area contributed by atoms with Crippen molar-refractivity contribution in [2.45, 2.75) is 18.8 Å². The number of hydrogen-bond donors (Lipinski definition) is 2. The molecule has 1 unspecified atom stereocenters. The predicted molar refractivity (Wildman–Crippen MR) is 66.7 cm³/mol.